The van der Waals surface area contributed by atoms with Crippen molar-refractivity contribution >= 4 is 23.4 Å². The molecule has 0 unspecified atom stereocenters. The number of nitrogens with zero attached hydrogens (tertiary/aromatic N) is 2. The van der Waals surface area contributed by atoms with Crippen molar-refractivity contribution in [2.24, 2.45) is 7.05 Å². The van der Waals surface area contributed by atoms with Crippen molar-refractivity contribution in [2.45, 2.75) is 13.3 Å². The number of hydrogen-bond donors (Lipinski definition) is 2. The van der Waals surface area contributed by atoms with E-state index in [0.717, 1.165) is 0 Å². The molecule has 0 saturated heterocycles. The van der Waals surface area contributed by atoms with Gasteiger partial charge in [-0.25, -0.2) is 0 Å². The third-order valence-electron chi connectivity index (χ3n) is 3.09. The molecule has 1 aromatic carbocycles. The number of hydrogen-bond acceptors (Lipinski definition) is 5. The Morgan fingerprint density at radius 2 is 2.09 bits per heavy atom. The Labute approximate surface area is 128 Å². The Balaban J connectivity index is 2.19. The number of esters is 1. The van der Waals surface area contributed by atoms with Gasteiger partial charge in [0.25, 0.3) is 5.91 Å². The zero-order valence-electron chi connectivity index (χ0n) is 12.5. The van der Waals surface area contributed by atoms with Crippen molar-refractivity contribution in [1.29, 1.82) is 0 Å². The number of aromatic nitrogens is 2. The summed E-state index contributed by atoms with van der Waals surface area (Å²) in [6.07, 6.45) is 1.57. The fraction of sp³-hybridized carbons (Fsp3) is 0.267. The molecule has 1 amide bonds. The number of aryl methyl sites for hydroxylation is 1. The van der Waals surface area contributed by atoms with Crippen LogP contribution in [0.15, 0.2) is 30.5 Å². The summed E-state index contributed by atoms with van der Waals surface area (Å²) in [4.78, 5) is 23.9. The molecule has 0 radical (unpaired) electrons. The third kappa shape index (κ3) is 3.43. The number of benzene rings is 1. The number of nitrogens with one attached hydrogen (secondary N) is 1. The van der Waals surface area contributed by atoms with Crippen molar-refractivity contribution in [3.63, 3.8) is 0 Å². The van der Waals surface area contributed by atoms with Crippen molar-refractivity contribution in [2.75, 3.05) is 17.7 Å². The fourth-order valence-corrected chi connectivity index (χ4v) is 2.02. The minimum absolute atomic E-state index is 0.0432. The monoisotopic (exact) mass is 302 g/mol. The summed E-state index contributed by atoms with van der Waals surface area (Å²) >= 11 is 0. The van der Waals surface area contributed by atoms with Gasteiger partial charge in [0, 0.05) is 18.3 Å². The predicted octanol–water partition coefficient (Wildman–Crippen LogP) is 1.36. The summed E-state index contributed by atoms with van der Waals surface area (Å²) < 4.78 is 6.40. The second kappa shape index (κ2) is 6.75. The Morgan fingerprint density at radius 3 is 2.77 bits per heavy atom. The van der Waals surface area contributed by atoms with Gasteiger partial charge in [0.1, 0.15) is 5.82 Å². The number of para-hydroxylation sites is 1. The van der Waals surface area contributed by atoms with Crippen LogP contribution >= 0.6 is 0 Å². The fourth-order valence-electron chi connectivity index (χ4n) is 2.02. The highest BCUT2D eigenvalue weighted by molar-refractivity contribution is 6.07. The van der Waals surface area contributed by atoms with Gasteiger partial charge in [-0.15, -0.1) is 0 Å². The van der Waals surface area contributed by atoms with Crippen LogP contribution in [0, 0.1) is 0 Å². The van der Waals surface area contributed by atoms with E-state index in [1.54, 1.807) is 38.2 Å². The van der Waals surface area contributed by atoms with Crippen LogP contribution in [0.1, 0.15) is 22.8 Å². The minimum Gasteiger partial charge on any atom is -0.466 e. The molecule has 22 heavy (non-hydrogen) atoms. The number of rotatable bonds is 5. The van der Waals surface area contributed by atoms with Crippen molar-refractivity contribution < 1.29 is 14.3 Å². The van der Waals surface area contributed by atoms with E-state index in [2.05, 4.69) is 10.4 Å². The topological polar surface area (TPSA) is 99.2 Å². The van der Waals surface area contributed by atoms with Gasteiger partial charge in [0.2, 0.25) is 0 Å². The van der Waals surface area contributed by atoms with Crippen molar-refractivity contribution in [3.05, 3.63) is 41.6 Å². The first-order chi connectivity index (χ1) is 10.5. The molecule has 0 fully saturated rings. The normalized spacial score (nSPS) is 10.3. The van der Waals surface area contributed by atoms with Gasteiger partial charge < -0.3 is 15.8 Å². The molecule has 0 bridgehead atoms. The average molecular weight is 302 g/mol. The van der Waals surface area contributed by atoms with E-state index in [-0.39, 0.29) is 18.3 Å². The lowest BCUT2D eigenvalue weighted by atomic mass is 10.1. The summed E-state index contributed by atoms with van der Waals surface area (Å²) in [6, 6.07) is 6.76. The predicted molar refractivity (Wildman–Crippen MR) is 82.4 cm³/mol. The number of ether oxygens (including phenoxy) is 1. The summed E-state index contributed by atoms with van der Waals surface area (Å²) in [5.41, 5.74) is 7.13. The molecule has 1 heterocycles. The molecule has 0 aliphatic rings. The molecule has 116 valence electrons. The molecule has 7 heteroatoms. The third-order valence-corrected chi connectivity index (χ3v) is 3.09. The molecular weight excluding hydrogens is 284 g/mol. The van der Waals surface area contributed by atoms with Crippen LogP contribution in [0.25, 0.3) is 0 Å². The first-order valence-corrected chi connectivity index (χ1v) is 6.85. The van der Waals surface area contributed by atoms with Crippen LogP contribution in [0.3, 0.4) is 0 Å². The van der Waals surface area contributed by atoms with Gasteiger partial charge in [0.15, 0.2) is 0 Å². The lowest BCUT2D eigenvalue weighted by Gasteiger charge is -2.10. The average Bonchev–Trinajstić information content (AvgIpc) is 2.81. The molecule has 7 nitrogen and oxygen atoms in total. The van der Waals surface area contributed by atoms with E-state index in [0.29, 0.717) is 29.2 Å². The second-order valence-electron chi connectivity index (χ2n) is 4.67. The summed E-state index contributed by atoms with van der Waals surface area (Å²) in [7, 11) is 1.68. The smallest absolute Gasteiger partial charge is 0.310 e. The summed E-state index contributed by atoms with van der Waals surface area (Å²) in [5.74, 6) is -0.279. The molecule has 0 aliphatic carbocycles. The molecule has 0 aliphatic heterocycles. The first-order valence-electron chi connectivity index (χ1n) is 6.85. The molecular formula is C15H18N4O3. The van der Waals surface area contributed by atoms with Gasteiger partial charge in [-0.1, -0.05) is 12.1 Å². The standard InChI is InChI=1S/C15H18N4O3/c1-3-22-13(20)8-10-9-17-19(2)14(10)18-15(21)11-6-4-5-7-12(11)16/h4-7,9H,3,8,16H2,1-2H3,(H,18,21). The first kappa shape index (κ1) is 15.6. The molecule has 0 saturated carbocycles. The number of nitrogens with two attached hydrogens (primary N) is 1. The van der Waals surface area contributed by atoms with E-state index < -0.39 is 0 Å². The van der Waals surface area contributed by atoms with Gasteiger partial charge in [-0.05, 0) is 19.1 Å². The molecule has 3 N–H and O–H groups in total. The van der Waals surface area contributed by atoms with Crippen LogP contribution in [0.5, 0.6) is 0 Å². The number of carbonyl (C=O) groups is 2. The SMILES string of the molecule is CCOC(=O)Cc1cnn(C)c1NC(=O)c1ccccc1N. The molecule has 1 aromatic heterocycles. The zero-order valence-corrected chi connectivity index (χ0v) is 12.5. The second-order valence-corrected chi connectivity index (χ2v) is 4.67. The highest BCUT2D eigenvalue weighted by Gasteiger charge is 2.17. The van der Waals surface area contributed by atoms with Crippen LogP contribution in [0.2, 0.25) is 0 Å². The van der Waals surface area contributed by atoms with E-state index in [1.807, 2.05) is 0 Å². The Morgan fingerprint density at radius 1 is 1.36 bits per heavy atom. The summed E-state index contributed by atoms with van der Waals surface area (Å²) in [5, 5.41) is 6.80. The number of nitrogen functional groups attached to an aromatic ring is 1. The van der Waals surface area contributed by atoms with Gasteiger partial charge in [-0.2, -0.15) is 5.10 Å². The Bertz CT molecular complexity index is 694. The number of carbonyl (C=O) groups excluding carboxylic acids is 2. The highest BCUT2D eigenvalue weighted by atomic mass is 16.5. The molecule has 0 spiro atoms. The van der Waals surface area contributed by atoms with Crippen molar-refractivity contribution in [3.8, 4) is 0 Å². The van der Waals surface area contributed by atoms with Crippen LogP contribution < -0.4 is 11.1 Å². The lowest BCUT2D eigenvalue weighted by Crippen LogP contribution is -2.18. The van der Waals surface area contributed by atoms with Crippen LogP contribution in [-0.4, -0.2) is 28.3 Å². The summed E-state index contributed by atoms with van der Waals surface area (Å²) in [6.45, 7) is 2.04. The molecule has 0 atom stereocenters. The van der Waals surface area contributed by atoms with E-state index in [1.165, 1.54) is 10.9 Å². The van der Waals surface area contributed by atoms with Gasteiger partial charge in [0.05, 0.1) is 24.8 Å². The van der Waals surface area contributed by atoms with Crippen LogP contribution in [-0.2, 0) is 23.0 Å². The van der Waals surface area contributed by atoms with Crippen molar-refractivity contribution in [1.82, 2.24) is 9.78 Å². The highest BCUT2D eigenvalue weighted by Crippen LogP contribution is 2.18. The van der Waals surface area contributed by atoms with Crippen LogP contribution in [0.4, 0.5) is 11.5 Å². The van der Waals surface area contributed by atoms with E-state index >= 15 is 0 Å². The number of amides is 1. The maximum atomic E-state index is 12.3. The lowest BCUT2D eigenvalue weighted by molar-refractivity contribution is -0.142. The largest absolute Gasteiger partial charge is 0.466 e. The quantitative estimate of drug-likeness (QED) is 0.642. The van der Waals surface area contributed by atoms with Gasteiger partial charge in [-0.3, -0.25) is 14.3 Å². The maximum Gasteiger partial charge on any atom is 0.310 e. The van der Waals surface area contributed by atoms with Gasteiger partial charge >= 0.3 is 5.97 Å². The molecule has 2 aromatic rings. The zero-order chi connectivity index (χ0) is 16.1. The maximum absolute atomic E-state index is 12.3. The van der Waals surface area contributed by atoms with E-state index in [4.69, 9.17) is 10.5 Å². The number of anilines is 2. The molecule has 2 rings (SSSR count). The van der Waals surface area contributed by atoms with E-state index in [9.17, 15) is 9.59 Å². The Kier molecular flexibility index (Phi) is 4.77. The Hall–Kier alpha value is -2.83. The minimum atomic E-state index is -0.370.